The zero-order chi connectivity index (χ0) is 19.8. The number of hydrogen-bond acceptors (Lipinski definition) is 5. The maximum absolute atomic E-state index is 12.7. The molecule has 0 aliphatic carbocycles. The first-order chi connectivity index (χ1) is 13.5. The molecule has 0 fully saturated rings. The summed E-state index contributed by atoms with van der Waals surface area (Å²) in [5.41, 5.74) is 1.72. The molecule has 7 heteroatoms. The molecule has 0 saturated carbocycles. The maximum atomic E-state index is 12.7. The molecule has 7 nitrogen and oxygen atoms in total. The Morgan fingerprint density at radius 1 is 1.00 bits per heavy atom. The molecule has 1 aromatic heterocycles. The SMILES string of the molecule is C[C@@H](OC(=O)CN1C(=O)c2ccccc2C1=O)C(=O)c1c[nH]c2ccccc12. The number of Topliss-reactive ketones (excluding diaryl/α,β-unsaturated/α-hetero) is 1. The van der Waals surface area contributed by atoms with E-state index in [9.17, 15) is 19.2 Å². The third-order valence-electron chi connectivity index (χ3n) is 4.70. The van der Waals surface area contributed by atoms with E-state index < -0.39 is 30.4 Å². The van der Waals surface area contributed by atoms with Crippen molar-refractivity contribution < 1.29 is 23.9 Å². The van der Waals surface area contributed by atoms with E-state index in [1.54, 1.807) is 24.4 Å². The highest BCUT2D eigenvalue weighted by molar-refractivity contribution is 6.22. The predicted molar refractivity (Wildman–Crippen MR) is 100.0 cm³/mol. The third kappa shape index (κ3) is 2.87. The smallest absolute Gasteiger partial charge is 0.326 e. The van der Waals surface area contributed by atoms with Gasteiger partial charge in [0.05, 0.1) is 11.1 Å². The molecule has 0 unspecified atom stereocenters. The molecule has 2 amide bonds. The fourth-order valence-electron chi connectivity index (χ4n) is 3.29. The Bertz CT molecular complexity index is 1100. The van der Waals surface area contributed by atoms with E-state index in [1.165, 1.54) is 19.1 Å². The van der Waals surface area contributed by atoms with E-state index in [-0.39, 0.29) is 16.9 Å². The van der Waals surface area contributed by atoms with Crippen LogP contribution in [0.4, 0.5) is 0 Å². The van der Waals surface area contributed by atoms with Crippen molar-refractivity contribution >= 4 is 34.5 Å². The van der Waals surface area contributed by atoms with Crippen LogP contribution in [0, 0.1) is 0 Å². The van der Waals surface area contributed by atoms with Crippen LogP contribution in [0.15, 0.2) is 54.7 Å². The van der Waals surface area contributed by atoms with Crippen molar-refractivity contribution in [2.75, 3.05) is 6.54 Å². The number of ketones is 1. The van der Waals surface area contributed by atoms with Gasteiger partial charge in [-0.2, -0.15) is 0 Å². The first kappa shape index (κ1) is 17.7. The van der Waals surface area contributed by atoms with Crippen molar-refractivity contribution in [1.29, 1.82) is 0 Å². The summed E-state index contributed by atoms with van der Waals surface area (Å²) in [5, 5.41) is 0.732. The number of carbonyl (C=O) groups excluding carboxylic acids is 4. The van der Waals surface area contributed by atoms with Gasteiger partial charge in [-0.25, -0.2) is 0 Å². The van der Waals surface area contributed by atoms with Gasteiger partial charge in [0.25, 0.3) is 11.8 Å². The lowest BCUT2D eigenvalue weighted by Crippen LogP contribution is -2.37. The Morgan fingerprint density at radius 3 is 2.29 bits per heavy atom. The Balaban J connectivity index is 1.45. The molecule has 1 aliphatic heterocycles. The number of para-hydroxylation sites is 1. The summed E-state index contributed by atoms with van der Waals surface area (Å²) in [6.07, 6.45) is 0.517. The fraction of sp³-hybridized carbons (Fsp3) is 0.143. The average molecular weight is 376 g/mol. The van der Waals surface area contributed by atoms with Gasteiger partial charge in [0.15, 0.2) is 6.10 Å². The molecule has 0 saturated heterocycles. The largest absolute Gasteiger partial charge is 0.453 e. The molecule has 1 atom stereocenters. The van der Waals surface area contributed by atoms with Crippen molar-refractivity contribution in [3.8, 4) is 0 Å². The highest BCUT2D eigenvalue weighted by Crippen LogP contribution is 2.23. The van der Waals surface area contributed by atoms with Gasteiger partial charge in [0.2, 0.25) is 5.78 Å². The Kier molecular flexibility index (Phi) is 4.27. The minimum Gasteiger partial charge on any atom is -0.453 e. The normalized spacial score (nSPS) is 14.2. The molecule has 4 rings (SSSR count). The van der Waals surface area contributed by atoms with Gasteiger partial charge < -0.3 is 9.72 Å². The molecule has 0 spiro atoms. The number of aromatic amines is 1. The summed E-state index contributed by atoms with van der Waals surface area (Å²) in [6.45, 7) is 0.919. The van der Waals surface area contributed by atoms with Gasteiger partial charge in [-0.15, -0.1) is 0 Å². The second kappa shape index (κ2) is 6.77. The Labute approximate surface area is 159 Å². The van der Waals surface area contributed by atoms with Crippen LogP contribution in [0.3, 0.4) is 0 Å². The second-order valence-electron chi connectivity index (χ2n) is 6.49. The summed E-state index contributed by atoms with van der Waals surface area (Å²) in [6, 6.07) is 13.7. The van der Waals surface area contributed by atoms with Gasteiger partial charge in [-0.05, 0) is 25.1 Å². The van der Waals surface area contributed by atoms with Crippen molar-refractivity contribution in [3.05, 3.63) is 71.4 Å². The molecular formula is C21H16N2O5. The number of amides is 2. The minimum atomic E-state index is -1.05. The number of imide groups is 1. The number of ether oxygens (including phenoxy) is 1. The molecule has 1 N–H and O–H groups in total. The molecule has 0 bridgehead atoms. The molecular weight excluding hydrogens is 360 g/mol. The molecule has 3 aromatic rings. The number of carbonyl (C=O) groups is 4. The lowest BCUT2D eigenvalue weighted by molar-refractivity contribution is -0.146. The van der Waals surface area contributed by atoms with Crippen LogP contribution in [-0.4, -0.2) is 46.1 Å². The number of hydrogen-bond donors (Lipinski definition) is 1. The number of H-pyrrole nitrogens is 1. The van der Waals surface area contributed by atoms with Gasteiger partial charge in [0.1, 0.15) is 6.54 Å². The topological polar surface area (TPSA) is 96.5 Å². The quantitative estimate of drug-likeness (QED) is 0.419. The number of fused-ring (bicyclic) bond motifs is 2. The molecule has 1 aliphatic rings. The van der Waals surface area contributed by atoms with Gasteiger partial charge in [-0.1, -0.05) is 30.3 Å². The molecule has 2 heterocycles. The number of benzene rings is 2. The zero-order valence-corrected chi connectivity index (χ0v) is 15.0. The number of nitrogens with zero attached hydrogens (tertiary/aromatic N) is 1. The van der Waals surface area contributed by atoms with E-state index in [2.05, 4.69) is 4.98 Å². The van der Waals surface area contributed by atoms with Crippen LogP contribution in [-0.2, 0) is 9.53 Å². The number of rotatable bonds is 5. The zero-order valence-electron chi connectivity index (χ0n) is 15.0. The van der Waals surface area contributed by atoms with Crippen LogP contribution >= 0.6 is 0 Å². The Hall–Kier alpha value is -3.74. The van der Waals surface area contributed by atoms with Crippen LogP contribution in [0.5, 0.6) is 0 Å². The number of nitrogens with one attached hydrogen (secondary N) is 1. The molecule has 2 aromatic carbocycles. The van der Waals surface area contributed by atoms with Gasteiger partial charge in [-0.3, -0.25) is 24.1 Å². The lowest BCUT2D eigenvalue weighted by Gasteiger charge is -2.16. The first-order valence-electron chi connectivity index (χ1n) is 8.72. The highest BCUT2D eigenvalue weighted by atomic mass is 16.5. The molecule has 140 valence electrons. The average Bonchev–Trinajstić information content (AvgIpc) is 3.23. The lowest BCUT2D eigenvalue weighted by atomic mass is 10.1. The standard InChI is InChI=1S/C21H16N2O5/c1-12(19(25)16-10-22-17-9-5-4-6-13(16)17)28-18(24)11-23-20(26)14-7-2-3-8-15(14)21(23)27/h2-10,12,22H,11H2,1H3/t12-/m1/s1. The van der Waals surface area contributed by atoms with Crippen LogP contribution in [0.25, 0.3) is 10.9 Å². The monoisotopic (exact) mass is 376 g/mol. The summed E-state index contributed by atoms with van der Waals surface area (Å²) in [7, 11) is 0. The summed E-state index contributed by atoms with van der Waals surface area (Å²) in [4.78, 5) is 53.4. The second-order valence-corrected chi connectivity index (χ2v) is 6.49. The van der Waals surface area contributed by atoms with Crippen molar-refractivity contribution in [2.45, 2.75) is 13.0 Å². The van der Waals surface area contributed by atoms with E-state index >= 15 is 0 Å². The number of aromatic nitrogens is 1. The summed E-state index contributed by atoms with van der Waals surface area (Å²) < 4.78 is 5.19. The predicted octanol–water partition coefficient (Wildman–Crippen LogP) is 2.58. The maximum Gasteiger partial charge on any atom is 0.326 e. The van der Waals surface area contributed by atoms with Crippen LogP contribution < -0.4 is 0 Å². The summed E-state index contributed by atoms with van der Waals surface area (Å²) in [5.74, 6) is -2.29. The van der Waals surface area contributed by atoms with Gasteiger partial charge in [0, 0.05) is 22.7 Å². The summed E-state index contributed by atoms with van der Waals surface area (Å²) >= 11 is 0. The van der Waals surface area contributed by atoms with E-state index in [0.717, 1.165) is 15.8 Å². The minimum absolute atomic E-state index is 0.253. The molecule has 0 radical (unpaired) electrons. The van der Waals surface area contributed by atoms with Gasteiger partial charge >= 0.3 is 5.97 Å². The van der Waals surface area contributed by atoms with Crippen LogP contribution in [0.1, 0.15) is 38.0 Å². The van der Waals surface area contributed by atoms with E-state index in [1.807, 2.05) is 18.2 Å². The number of esters is 1. The van der Waals surface area contributed by atoms with Crippen molar-refractivity contribution in [1.82, 2.24) is 9.88 Å². The van der Waals surface area contributed by atoms with E-state index in [4.69, 9.17) is 4.74 Å². The van der Waals surface area contributed by atoms with E-state index in [0.29, 0.717) is 5.56 Å². The van der Waals surface area contributed by atoms with Crippen LogP contribution in [0.2, 0.25) is 0 Å². The molecule has 28 heavy (non-hydrogen) atoms. The highest BCUT2D eigenvalue weighted by Gasteiger charge is 2.37. The fourth-order valence-corrected chi connectivity index (χ4v) is 3.29. The Morgan fingerprint density at radius 2 is 1.61 bits per heavy atom. The van der Waals surface area contributed by atoms with Crippen molar-refractivity contribution in [2.24, 2.45) is 0 Å². The van der Waals surface area contributed by atoms with Crippen molar-refractivity contribution in [3.63, 3.8) is 0 Å². The third-order valence-corrected chi connectivity index (χ3v) is 4.70. The first-order valence-corrected chi connectivity index (χ1v) is 8.72.